The molecule has 1 N–H and O–H groups in total. The van der Waals surface area contributed by atoms with Crippen LogP contribution in [0.1, 0.15) is 30.5 Å². The van der Waals surface area contributed by atoms with Crippen molar-refractivity contribution in [3.05, 3.63) is 41.3 Å². The zero-order chi connectivity index (χ0) is 24.7. The second-order valence-electron chi connectivity index (χ2n) is 9.47. The number of phenolic OH excluding ortho intramolecular Hbond substituents is 1. The van der Waals surface area contributed by atoms with Gasteiger partial charge in [-0.2, -0.15) is 0 Å². The highest BCUT2D eigenvalue weighted by Crippen LogP contribution is 2.39. The summed E-state index contributed by atoms with van der Waals surface area (Å²) in [7, 11) is 1.90. The molecule has 1 fully saturated rings. The number of aromatic hydroxyl groups is 1. The van der Waals surface area contributed by atoms with Gasteiger partial charge in [-0.25, -0.2) is 14.4 Å². The zero-order valence-electron chi connectivity index (χ0n) is 20.0. The monoisotopic (exact) mass is 481 g/mol. The van der Waals surface area contributed by atoms with Crippen molar-refractivity contribution in [3.8, 4) is 17.3 Å². The number of hydrogen-bond donors (Lipinski definition) is 1. The maximum Gasteiger partial charge on any atom is 0.209 e. The SMILES string of the molecule is Cc1cc2nc(-c3cc4cc(F)cc(O)c4n3CC3CC3)n(C)c2nc1CCN(C=O)CCCF. The van der Waals surface area contributed by atoms with Crippen LogP contribution in [0.4, 0.5) is 8.78 Å². The predicted octanol–water partition coefficient (Wildman–Crippen LogP) is 4.51. The summed E-state index contributed by atoms with van der Waals surface area (Å²) in [6.45, 7) is 3.10. The molecule has 9 heteroatoms. The molecule has 4 aromatic rings. The Morgan fingerprint density at radius 1 is 1.20 bits per heavy atom. The average molecular weight is 482 g/mol. The quantitative estimate of drug-likeness (QED) is 0.338. The first-order valence-electron chi connectivity index (χ1n) is 12.0. The van der Waals surface area contributed by atoms with Crippen LogP contribution in [0.15, 0.2) is 24.3 Å². The lowest BCUT2D eigenvalue weighted by Gasteiger charge is -2.16. The molecule has 1 aromatic carbocycles. The summed E-state index contributed by atoms with van der Waals surface area (Å²) >= 11 is 0. The van der Waals surface area contributed by atoms with E-state index in [1.54, 1.807) is 4.90 Å². The number of nitrogens with zero attached hydrogens (tertiary/aromatic N) is 5. The minimum absolute atomic E-state index is 0.0746. The number of rotatable bonds is 10. The Morgan fingerprint density at radius 2 is 2.00 bits per heavy atom. The van der Waals surface area contributed by atoms with Gasteiger partial charge < -0.3 is 19.1 Å². The summed E-state index contributed by atoms with van der Waals surface area (Å²) in [5, 5.41) is 11.2. The number of pyridine rings is 1. The van der Waals surface area contributed by atoms with E-state index in [0.29, 0.717) is 54.2 Å². The predicted molar refractivity (Wildman–Crippen MR) is 130 cm³/mol. The fourth-order valence-electron chi connectivity index (χ4n) is 4.75. The van der Waals surface area contributed by atoms with Gasteiger partial charge in [-0.15, -0.1) is 0 Å². The Bertz CT molecular complexity index is 1410. The number of amides is 1. The topological polar surface area (TPSA) is 76.2 Å². The number of carbonyl (C=O) groups is 1. The van der Waals surface area contributed by atoms with Gasteiger partial charge in [0, 0.05) is 50.2 Å². The Morgan fingerprint density at radius 3 is 2.71 bits per heavy atom. The van der Waals surface area contributed by atoms with E-state index in [9.17, 15) is 18.7 Å². The van der Waals surface area contributed by atoms with Gasteiger partial charge in [-0.05, 0) is 55.9 Å². The van der Waals surface area contributed by atoms with Crippen molar-refractivity contribution in [2.75, 3.05) is 19.8 Å². The van der Waals surface area contributed by atoms with Crippen molar-refractivity contribution in [1.82, 2.24) is 24.0 Å². The molecular weight excluding hydrogens is 452 g/mol. The van der Waals surface area contributed by atoms with Crippen LogP contribution in [0.3, 0.4) is 0 Å². The molecule has 35 heavy (non-hydrogen) atoms. The van der Waals surface area contributed by atoms with Gasteiger partial charge in [-0.3, -0.25) is 9.18 Å². The van der Waals surface area contributed by atoms with E-state index in [1.165, 1.54) is 6.07 Å². The second kappa shape index (κ2) is 9.28. The maximum absolute atomic E-state index is 14.0. The summed E-state index contributed by atoms with van der Waals surface area (Å²) in [5.41, 5.74) is 4.71. The fraction of sp³-hybridized carbons (Fsp3) is 0.423. The highest BCUT2D eigenvalue weighted by atomic mass is 19.1. The third-order valence-corrected chi connectivity index (χ3v) is 6.81. The molecule has 3 heterocycles. The summed E-state index contributed by atoms with van der Waals surface area (Å²) in [5.74, 6) is 0.675. The number of imidazole rings is 1. The lowest BCUT2D eigenvalue weighted by Crippen LogP contribution is -2.26. The van der Waals surface area contributed by atoms with E-state index in [-0.39, 0.29) is 5.75 Å². The van der Waals surface area contributed by atoms with Crippen molar-refractivity contribution in [2.45, 2.75) is 39.2 Å². The molecular formula is C26H29F2N5O2. The molecule has 0 spiro atoms. The van der Waals surface area contributed by atoms with Crippen molar-refractivity contribution < 1.29 is 18.7 Å². The van der Waals surface area contributed by atoms with Gasteiger partial charge in [-0.1, -0.05) is 0 Å². The normalized spacial score (nSPS) is 13.7. The lowest BCUT2D eigenvalue weighted by atomic mass is 10.1. The van der Waals surface area contributed by atoms with E-state index >= 15 is 0 Å². The van der Waals surface area contributed by atoms with E-state index < -0.39 is 12.5 Å². The number of aromatic nitrogens is 4. The van der Waals surface area contributed by atoms with Crippen molar-refractivity contribution in [1.29, 1.82) is 0 Å². The first-order valence-corrected chi connectivity index (χ1v) is 12.0. The van der Waals surface area contributed by atoms with Crippen molar-refractivity contribution in [3.63, 3.8) is 0 Å². The lowest BCUT2D eigenvalue weighted by molar-refractivity contribution is -0.118. The largest absolute Gasteiger partial charge is 0.506 e. The van der Waals surface area contributed by atoms with E-state index in [4.69, 9.17) is 9.97 Å². The van der Waals surface area contributed by atoms with Crippen LogP contribution in [-0.4, -0.2) is 55.3 Å². The number of hydrogen-bond acceptors (Lipinski definition) is 4. The molecule has 0 aliphatic heterocycles. The Labute approximate surface area is 202 Å². The molecule has 1 saturated carbocycles. The molecule has 1 aliphatic carbocycles. The standard InChI is InChI=1S/C26H29F2N5O2/c1-16-10-21-25(29-20(16)6-9-32(15-34)8-3-7-27)31(2)26(30-21)22-12-18-11-19(28)13-23(35)24(18)33(22)14-17-4-5-17/h10-13,15,17,35H,3-9,14H2,1-2H3. The number of carbonyl (C=O) groups excluding carboxylic acids is 1. The second-order valence-corrected chi connectivity index (χ2v) is 9.47. The maximum atomic E-state index is 14.0. The smallest absolute Gasteiger partial charge is 0.209 e. The van der Waals surface area contributed by atoms with Gasteiger partial charge in [0.1, 0.15) is 17.1 Å². The van der Waals surface area contributed by atoms with Gasteiger partial charge >= 0.3 is 0 Å². The summed E-state index contributed by atoms with van der Waals surface area (Å²) in [6, 6.07) is 6.45. The Kier molecular flexibility index (Phi) is 6.17. The third kappa shape index (κ3) is 4.47. The molecule has 3 aromatic heterocycles. The molecule has 1 amide bonds. The van der Waals surface area contributed by atoms with Crippen LogP contribution in [0.25, 0.3) is 33.6 Å². The number of halogens is 2. The van der Waals surface area contributed by atoms with Crippen molar-refractivity contribution in [2.24, 2.45) is 13.0 Å². The average Bonchev–Trinajstić information content (AvgIpc) is 3.50. The minimum Gasteiger partial charge on any atom is -0.506 e. The fourth-order valence-corrected chi connectivity index (χ4v) is 4.75. The summed E-state index contributed by atoms with van der Waals surface area (Å²) < 4.78 is 30.5. The molecule has 1 aliphatic rings. The summed E-state index contributed by atoms with van der Waals surface area (Å²) in [4.78, 5) is 22.6. The van der Waals surface area contributed by atoms with E-state index in [1.807, 2.05) is 35.2 Å². The van der Waals surface area contributed by atoms with Crippen LogP contribution >= 0.6 is 0 Å². The molecule has 0 atom stereocenters. The van der Waals surface area contributed by atoms with Crippen LogP contribution < -0.4 is 0 Å². The molecule has 0 radical (unpaired) electrons. The Hall–Kier alpha value is -3.49. The van der Waals surface area contributed by atoms with Gasteiger partial charge in [0.15, 0.2) is 11.5 Å². The first kappa shape index (κ1) is 23.3. The van der Waals surface area contributed by atoms with Gasteiger partial charge in [0.05, 0.1) is 17.9 Å². The molecule has 0 saturated heterocycles. The molecule has 0 unspecified atom stereocenters. The van der Waals surface area contributed by atoms with Crippen LogP contribution in [0.5, 0.6) is 5.75 Å². The first-order chi connectivity index (χ1) is 16.9. The van der Waals surface area contributed by atoms with Crippen molar-refractivity contribution >= 4 is 28.5 Å². The van der Waals surface area contributed by atoms with Crippen LogP contribution in [0, 0.1) is 18.7 Å². The summed E-state index contributed by atoms with van der Waals surface area (Å²) in [6.07, 6.45) is 3.91. The number of alkyl halides is 1. The Balaban J connectivity index is 1.55. The number of benzene rings is 1. The highest BCUT2D eigenvalue weighted by Gasteiger charge is 2.27. The van der Waals surface area contributed by atoms with Gasteiger partial charge in [0.2, 0.25) is 6.41 Å². The third-order valence-electron chi connectivity index (χ3n) is 6.81. The minimum atomic E-state index is -0.479. The van der Waals surface area contributed by atoms with Crippen LogP contribution in [-0.2, 0) is 24.8 Å². The van der Waals surface area contributed by atoms with Gasteiger partial charge in [0.25, 0.3) is 0 Å². The molecule has 0 bridgehead atoms. The van der Waals surface area contributed by atoms with E-state index in [2.05, 4.69) is 0 Å². The molecule has 5 rings (SSSR count). The molecule has 7 nitrogen and oxygen atoms in total. The van der Waals surface area contributed by atoms with Crippen LogP contribution in [0.2, 0.25) is 0 Å². The van der Waals surface area contributed by atoms with E-state index in [0.717, 1.165) is 54.3 Å². The number of phenols is 1. The highest BCUT2D eigenvalue weighted by molar-refractivity contribution is 5.91. The number of aryl methyl sites for hydroxylation is 2. The zero-order valence-corrected chi connectivity index (χ0v) is 20.0. The molecule has 184 valence electrons. The number of fused-ring (bicyclic) bond motifs is 2.